The molecule has 1 aromatic heterocycles. The summed E-state index contributed by atoms with van der Waals surface area (Å²) in [5, 5.41) is 0. The van der Waals surface area contributed by atoms with Gasteiger partial charge in [-0.25, -0.2) is 13.4 Å². The van der Waals surface area contributed by atoms with Crippen LogP contribution in [0.3, 0.4) is 0 Å². The molecule has 1 aliphatic carbocycles. The van der Waals surface area contributed by atoms with Gasteiger partial charge in [0.25, 0.3) is 0 Å². The van der Waals surface area contributed by atoms with Crippen LogP contribution in [0.1, 0.15) is 50.5 Å². The summed E-state index contributed by atoms with van der Waals surface area (Å²) in [7, 11) is -3.24. The lowest BCUT2D eigenvalue weighted by atomic mass is 9.84. The second-order valence-corrected chi connectivity index (χ2v) is 9.29. The van der Waals surface area contributed by atoms with E-state index in [4.69, 9.17) is 4.42 Å². The van der Waals surface area contributed by atoms with E-state index in [-0.39, 0.29) is 5.75 Å². The molecule has 136 valence electrons. The summed E-state index contributed by atoms with van der Waals surface area (Å²) in [5.41, 5.74) is 3.49. The second kappa shape index (κ2) is 6.88. The highest BCUT2D eigenvalue weighted by atomic mass is 32.2. The molecule has 0 radical (unpaired) electrons. The van der Waals surface area contributed by atoms with Crippen LogP contribution in [0.25, 0.3) is 22.6 Å². The summed E-state index contributed by atoms with van der Waals surface area (Å²) < 4.78 is 29.9. The van der Waals surface area contributed by atoms with Crippen molar-refractivity contribution in [2.45, 2.75) is 49.8 Å². The Kier molecular flexibility index (Phi) is 4.57. The summed E-state index contributed by atoms with van der Waals surface area (Å²) in [6.07, 6.45) is 6.54. The highest BCUT2D eigenvalue weighted by Crippen LogP contribution is 2.34. The van der Waals surface area contributed by atoms with Crippen molar-refractivity contribution in [1.82, 2.24) is 4.98 Å². The minimum Gasteiger partial charge on any atom is -0.436 e. The number of fused-ring (bicyclic) bond motifs is 1. The van der Waals surface area contributed by atoms with Gasteiger partial charge in [-0.05, 0) is 54.7 Å². The van der Waals surface area contributed by atoms with Gasteiger partial charge in [0.2, 0.25) is 5.89 Å². The summed E-state index contributed by atoms with van der Waals surface area (Å²) in [6.45, 7) is 1.64. The number of nitrogens with zero attached hydrogens (tertiary/aromatic N) is 1. The highest BCUT2D eigenvalue weighted by molar-refractivity contribution is 7.91. The van der Waals surface area contributed by atoms with E-state index in [0.29, 0.717) is 27.8 Å². The number of benzene rings is 2. The zero-order chi connectivity index (χ0) is 18.1. The molecule has 0 spiro atoms. The Bertz CT molecular complexity index is 1010. The predicted molar refractivity (Wildman–Crippen MR) is 103 cm³/mol. The molecule has 0 aliphatic heterocycles. The predicted octanol–water partition coefficient (Wildman–Crippen LogP) is 5.34. The average Bonchev–Trinajstić information content (AvgIpc) is 3.12. The molecular weight excluding hydrogens is 346 g/mol. The normalized spacial score (nSPS) is 16.2. The maximum Gasteiger partial charge on any atom is 0.227 e. The van der Waals surface area contributed by atoms with Crippen molar-refractivity contribution in [2.24, 2.45) is 0 Å². The van der Waals surface area contributed by atoms with Gasteiger partial charge in [-0.1, -0.05) is 38.3 Å². The topological polar surface area (TPSA) is 60.2 Å². The summed E-state index contributed by atoms with van der Waals surface area (Å²) in [6, 6.07) is 13.3. The molecule has 0 amide bonds. The Labute approximate surface area is 154 Å². The van der Waals surface area contributed by atoms with Gasteiger partial charge in [-0.2, -0.15) is 0 Å². The zero-order valence-corrected chi connectivity index (χ0v) is 15.8. The lowest BCUT2D eigenvalue weighted by Gasteiger charge is -2.21. The molecule has 1 heterocycles. The molecule has 0 saturated heterocycles. The molecule has 5 heteroatoms. The van der Waals surface area contributed by atoms with E-state index in [1.54, 1.807) is 25.1 Å². The van der Waals surface area contributed by atoms with Crippen LogP contribution >= 0.6 is 0 Å². The van der Waals surface area contributed by atoms with Crippen LogP contribution in [0.2, 0.25) is 0 Å². The van der Waals surface area contributed by atoms with E-state index in [1.807, 2.05) is 0 Å². The third-order valence-electron chi connectivity index (χ3n) is 5.33. The van der Waals surface area contributed by atoms with Gasteiger partial charge in [-0.3, -0.25) is 0 Å². The van der Waals surface area contributed by atoms with E-state index in [9.17, 15) is 8.42 Å². The number of hydrogen-bond acceptors (Lipinski definition) is 4. The standard InChI is InChI=1S/C21H23NO3S/c1-2-26(23,24)18-12-13-20-19(14-18)22-21(25-20)17-10-8-16(9-11-17)15-6-4-3-5-7-15/h8-15H,2-7H2,1H3. The van der Waals surface area contributed by atoms with Gasteiger partial charge in [0.1, 0.15) is 5.52 Å². The minimum absolute atomic E-state index is 0.0752. The third-order valence-corrected chi connectivity index (χ3v) is 7.06. The van der Waals surface area contributed by atoms with Crippen LogP contribution in [0.5, 0.6) is 0 Å². The van der Waals surface area contributed by atoms with Crippen molar-refractivity contribution in [2.75, 3.05) is 5.75 Å². The Morgan fingerprint density at radius 1 is 1.04 bits per heavy atom. The van der Waals surface area contributed by atoms with E-state index < -0.39 is 9.84 Å². The van der Waals surface area contributed by atoms with Crippen molar-refractivity contribution in [3.8, 4) is 11.5 Å². The van der Waals surface area contributed by atoms with Crippen LogP contribution < -0.4 is 0 Å². The summed E-state index contributed by atoms with van der Waals surface area (Å²) in [4.78, 5) is 4.79. The fourth-order valence-electron chi connectivity index (χ4n) is 3.72. The minimum atomic E-state index is -3.24. The molecule has 0 unspecified atom stereocenters. The zero-order valence-electron chi connectivity index (χ0n) is 14.9. The van der Waals surface area contributed by atoms with Gasteiger partial charge >= 0.3 is 0 Å². The number of sulfone groups is 1. The second-order valence-electron chi connectivity index (χ2n) is 7.01. The molecule has 0 bridgehead atoms. The van der Waals surface area contributed by atoms with Crippen molar-refractivity contribution in [1.29, 1.82) is 0 Å². The number of hydrogen-bond donors (Lipinski definition) is 0. The van der Waals surface area contributed by atoms with Crippen molar-refractivity contribution in [3.05, 3.63) is 48.0 Å². The molecule has 3 aromatic rings. The molecule has 0 N–H and O–H groups in total. The van der Waals surface area contributed by atoms with Crippen molar-refractivity contribution < 1.29 is 12.8 Å². The monoisotopic (exact) mass is 369 g/mol. The molecular formula is C21H23NO3S. The molecule has 0 atom stereocenters. The van der Waals surface area contributed by atoms with Crippen molar-refractivity contribution in [3.63, 3.8) is 0 Å². The van der Waals surface area contributed by atoms with Gasteiger partial charge in [-0.15, -0.1) is 0 Å². The van der Waals surface area contributed by atoms with E-state index in [2.05, 4.69) is 29.2 Å². The molecule has 1 aliphatic rings. The number of rotatable bonds is 4. The van der Waals surface area contributed by atoms with Crippen LogP contribution in [0, 0.1) is 0 Å². The van der Waals surface area contributed by atoms with Crippen LogP contribution in [-0.2, 0) is 9.84 Å². The first-order chi connectivity index (χ1) is 12.6. The molecule has 1 saturated carbocycles. The fraction of sp³-hybridized carbons (Fsp3) is 0.381. The lowest BCUT2D eigenvalue weighted by molar-refractivity contribution is 0.443. The molecule has 4 nitrogen and oxygen atoms in total. The van der Waals surface area contributed by atoms with Crippen LogP contribution in [0.4, 0.5) is 0 Å². The SMILES string of the molecule is CCS(=O)(=O)c1ccc2oc(-c3ccc(C4CCCCC4)cc3)nc2c1. The quantitative estimate of drug-likeness (QED) is 0.623. The fourth-order valence-corrected chi connectivity index (χ4v) is 4.62. The number of aromatic nitrogens is 1. The first-order valence-electron chi connectivity index (χ1n) is 9.30. The van der Waals surface area contributed by atoms with Crippen molar-refractivity contribution >= 4 is 20.9 Å². The average molecular weight is 369 g/mol. The number of oxazole rings is 1. The lowest BCUT2D eigenvalue weighted by Crippen LogP contribution is -2.04. The maximum atomic E-state index is 12.1. The molecule has 2 aromatic carbocycles. The van der Waals surface area contributed by atoms with Crippen LogP contribution in [0.15, 0.2) is 51.8 Å². The Morgan fingerprint density at radius 3 is 2.46 bits per heavy atom. The van der Waals surface area contributed by atoms with E-state index in [1.165, 1.54) is 37.7 Å². The smallest absolute Gasteiger partial charge is 0.227 e. The van der Waals surface area contributed by atoms with Gasteiger partial charge < -0.3 is 4.42 Å². The van der Waals surface area contributed by atoms with Gasteiger partial charge in [0.05, 0.1) is 10.6 Å². The first kappa shape index (κ1) is 17.3. The van der Waals surface area contributed by atoms with Gasteiger partial charge in [0, 0.05) is 5.56 Å². The first-order valence-corrected chi connectivity index (χ1v) is 11.0. The summed E-state index contributed by atoms with van der Waals surface area (Å²) in [5.74, 6) is 1.27. The Balaban J connectivity index is 1.64. The van der Waals surface area contributed by atoms with Crippen LogP contribution in [-0.4, -0.2) is 19.2 Å². The third kappa shape index (κ3) is 3.28. The Hall–Kier alpha value is -2.14. The summed E-state index contributed by atoms with van der Waals surface area (Å²) >= 11 is 0. The van der Waals surface area contributed by atoms with E-state index >= 15 is 0 Å². The largest absolute Gasteiger partial charge is 0.436 e. The van der Waals surface area contributed by atoms with E-state index in [0.717, 1.165) is 5.56 Å². The maximum absolute atomic E-state index is 12.1. The van der Waals surface area contributed by atoms with Gasteiger partial charge in [0.15, 0.2) is 15.4 Å². The molecule has 4 rings (SSSR count). The molecule has 26 heavy (non-hydrogen) atoms. The molecule has 1 fully saturated rings. The Morgan fingerprint density at radius 2 is 1.77 bits per heavy atom. The highest BCUT2D eigenvalue weighted by Gasteiger charge is 2.17.